The molecule has 0 saturated carbocycles. The highest BCUT2D eigenvalue weighted by Gasteiger charge is 2.11. The van der Waals surface area contributed by atoms with Crippen LogP contribution < -0.4 is 0 Å². The Bertz CT molecular complexity index is 484. The summed E-state index contributed by atoms with van der Waals surface area (Å²) in [4.78, 5) is 13.5. The van der Waals surface area contributed by atoms with Gasteiger partial charge in [-0.05, 0) is 38.1 Å². The SMILES string of the molecule is Cc1ccc(SC(C=O)Sc2ccc(C)cc2)cc1. The average molecular weight is 288 g/mol. The summed E-state index contributed by atoms with van der Waals surface area (Å²) in [6.45, 7) is 4.12. The van der Waals surface area contributed by atoms with Gasteiger partial charge in [0.15, 0.2) is 0 Å². The first-order valence-electron chi connectivity index (χ1n) is 6.09. The molecule has 2 aromatic carbocycles. The molecule has 0 atom stereocenters. The Morgan fingerprint density at radius 3 is 1.47 bits per heavy atom. The second-order valence-electron chi connectivity index (χ2n) is 4.37. The number of hydrogen-bond donors (Lipinski definition) is 0. The molecule has 98 valence electrons. The lowest BCUT2D eigenvalue weighted by atomic mass is 10.2. The van der Waals surface area contributed by atoms with E-state index in [0.29, 0.717) is 0 Å². The summed E-state index contributed by atoms with van der Waals surface area (Å²) >= 11 is 3.18. The predicted octanol–water partition coefficient (Wildman–Crippen LogP) is 4.71. The summed E-state index contributed by atoms with van der Waals surface area (Å²) in [6.07, 6.45) is 1.01. The molecule has 3 heteroatoms. The van der Waals surface area contributed by atoms with Crippen LogP contribution in [0.1, 0.15) is 11.1 Å². The second kappa shape index (κ2) is 6.83. The maximum atomic E-state index is 11.2. The molecule has 2 rings (SSSR count). The topological polar surface area (TPSA) is 17.1 Å². The highest BCUT2D eigenvalue weighted by molar-refractivity contribution is 8.18. The van der Waals surface area contributed by atoms with E-state index in [1.807, 2.05) is 0 Å². The van der Waals surface area contributed by atoms with Gasteiger partial charge in [0.2, 0.25) is 0 Å². The molecular formula is C16H16OS2. The summed E-state index contributed by atoms with van der Waals surface area (Å²) in [5.74, 6) is 0. The Labute approximate surface area is 122 Å². The highest BCUT2D eigenvalue weighted by atomic mass is 32.2. The van der Waals surface area contributed by atoms with Crippen LogP contribution in [-0.2, 0) is 4.79 Å². The van der Waals surface area contributed by atoms with E-state index in [4.69, 9.17) is 0 Å². The zero-order chi connectivity index (χ0) is 13.7. The van der Waals surface area contributed by atoms with Crippen molar-refractivity contribution in [3.63, 3.8) is 0 Å². The Kier molecular flexibility index (Phi) is 5.11. The number of hydrogen-bond acceptors (Lipinski definition) is 3. The average Bonchev–Trinajstić information content (AvgIpc) is 2.43. The molecule has 0 radical (unpaired) electrons. The van der Waals surface area contributed by atoms with Crippen LogP contribution in [-0.4, -0.2) is 10.9 Å². The third-order valence-corrected chi connectivity index (χ3v) is 5.01. The van der Waals surface area contributed by atoms with Crippen LogP contribution in [0.15, 0.2) is 58.3 Å². The first kappa shape index (κ1) is 14.2. The van der Waals surface area contributed by atoms with Gasteiger partial charge in [-0.2, -0.15) is 0 Å². The van der Waals surface area contributed by atoms with Crippen LogP contribution in [0.2, 0.25) is 0 Å². The van der Waals surface area contributed by atoms with Crippen LogP contribution in [0.25, 0.3) is 0 Å². The van der Waals surface area contributed by atoms with E-state index in [1.54, 1.807) is 23.5 Å². The van der Waals surface area contributed by atoms with Gasteiger partial charge in [0.1, 0.15) is 10.9 Å². The fraction of sp³-hybridized carbons (Fsp3) is 0.188. The minimum Gasteiger partial charge on any atom is -0.301 e. The van der Waals surface area contributed by atoms with Gasteiger partial charge in [0, 0.05) is 9.79 Å². The number of carbonyl (C=O) groups excluding carboxylic acids is 1. The predicted molar refractivity (Wildman–Crippen MR) is 83.9 cm³/mol. The van der Waals surface area contributed by atoms with Crippen molar-refractivity contribution in [1.29, 1.82) is 0 Å². The second-order valence-corrected chi connectivity index (χ2v) is 7.09. The minimum absolute atomic E-state index is 0.106. The molecule has 0 N–H and O–H groups in total. The van der Waals surface area contributed by atoms with Crippen molar-refractivity contribution < 1.29 is 4.79 Å². The molecule has 0 aromatic heterocycles. The standard InChI is InChI=1S/C16H16OS2/c1-12-3-7-14(8-4-12)18-16(11-17)19-15-9-5-13(2)6-10-15/h3-11,16H,1-2H3. The molecule has 1 nitrogen and oxygen atoms in total. The van der Waals surface area contributed by atoms with Crippen LogP contribution >= 0.6 is 23.5 Å². The van der Waals surface area contributed by atoms with Crippen LogP contribution in [0.4, 0.5) is 0 Å². The quantitative estimate of drug-likeness (QED) is 0.450. The number of thioether (sulfide) groups is 2. The van der Waals surface area contributed by atoms with Crippen molar-refractivity contribution in [2.24, 2.45) is 0 Å². The van der Waals surface area contributed by atoms with Gasteiger partial charge in [-0.3, -0.25) is 0 Å². The normalized spacial score (nSPS) is 10.7. The van der Waals surface area contributed by atoms with Crippen LogP contribution in [0.5, 0.6) is 0 Å². The zero-order valence-corrected chi connectivity index (χ0v) is 12.6. The molecule has 2 aromatic rings. The fourth-order valence-electron chi connectivity index (χ4n) is 1.58. The Morgan fingerprint density at radius 1 is 0.789 bits per heavy atom. The molecule has 0 aliphatic carbocycles. The van der Waals surface area contributed by atoms with Crippen molar-refractivity contribution in [3.05, 3.63) is 59.7 Å². The van der Waals surface area contributed by atoms with Crippen molar-refractivity contribution in [3.8, 4) is 0 Å². The van der Waals surface area contributed by atoms with E-state index in [2.05, 4.69) is 62.4 Å². The van der Waals surface area contributed by atoms with E-state index < -0.39 is 0 Å². The summed E-state index contributed by atoms with van der Waals surface area (Å²) in [5, 5.41) is 0. The fourth-order valence-corrected chi connectivity index (χ4v) is 3.67. The summed E-state index contributed by atoms with van der Waals surface area (Å²) in [7, 11) is 0. The summed E-state index contributed by atoms with van der Waals surface area (Å²) < 4.78 is -0.106. The first-order valence-corrected chi connectivity index (χ1v) is 7.85. The van der Waals surface area contributed by atoms with Gasteiger partial charge in [-0.15, -0.1) is 23.5 Å². The molecule has 0 bridgehead atoms. The number of rotatable bonds is 5. The minimum atomic E-state index is -0.106. The number of benzene rings is 2. The lowest BCUT2D eigenvalue weighted by Gasteiger charge is -2.10. The maximum absolute atomic E-state index is 11.2. The smallest absolute Gasteiger partial charge is 0.143 e. The van der Waals surface area contributed by atoms with Crippen molar-refractivity contribution in [2.45, 2.75) is 28.2 Å². The van der Waals surface area contributed by atoms with Crippen molar-refractivity contribution in [2.75, 3.05) is 0 Å². The van der Waals surface area contributed by atoms with E-state index in [0.717, 1.165) is 16.1 Å². The lowest BCUT2D eigenvalue weighted by Crippen LogP contribution is -1.97. The Balaban J connectivity index is 2.02. The van der Waals surface area contributed by atoms with Gasteiger partial charge in [-0.25, -0.2) is 0 Å². The number of aldehydes is 1. The molecule has 0 aliphatic heterocycles. The Morgan fingerprint density at radius 2 is 1.16 bits per heavy atom. The van der Waals surface area contributed by atoms with E-state index in [9.17, 15) is 4.79 Å². The first-order chi connectivity index (χ1) is 9.17. The zero-order valence-electron chi connectivity index (χ0n) is 11.0. The van der Waals surface area contributed by atoms with Gasteiger partial charge < -0.3 is 4.79 Å². The summed E-state index contributed by atoms with van der Waals surface area (Å²) in [5.41, 5.74) is 2.47. The van der Waals surface area contributed by atoms with Crippen LogP contribution in [0, 0.1) is 13.8 Å². The van der Waals surface area contributed by atoms with Gasteiger partial charge in [0.05, 0.1) is 0 Å². The van der Waals surface area contributed by atoms with Gasteiger partial charge >= 0.3 is 0 Å². The van der Waals surface area contributed by atoms with E-state index in [1.165, 1.54) is 11.1 Å². The molecule has 0 unspecified atom stereocenters. The Hall–Kier alpha value is -1.19. The molecule has 19 heavy (non-hydrogen) atoms. The third kappa shape index (κ3) is 4.44. The molecule has 0 aliphatic rings. The highest BCUT2D eigenvalue weighted by Crippen LogP contribution is 2.34. The number of carbonyl (C=O) groups is 1. The third-order valence-electron chi connectivity index (χ3n) is 2.66. The summed E-state index contributed by atoms with van der Waals surface area (Å²) in [6, 6.07) is 16.5. The number of aryl methyl sites for hydroxylation is 2. The molecular weight excluding hydrogens is 272 g/mol. The van der Waals surface area contributed by atoms with Gasteiger partial charge in [-0.1, -0.05) is 35.4 Å². The lowest BCUT2D eigenvalue weighted by molar-refractivity contribution is -0.106. The van der Waals surface area contributed by atoms with Crippen molar-refractivity contribution >= 4 is 29.8 Å². The van der Waals surface area contributed by atoms with Gasteiger partial charge in [0.25, 0.3) is 0 Å². The molecule has 0 heterocycles. The molecule has 0 spiro atoms. The monoisotopic (exact) mass is 288 g/mol. The molecule has 0 saturated heterocycles. The van der Waals surface area contributed by atoms with E-state index >= 15 is 0 Å². The van der Waals surface area contributed by atoms with E-state index in [-0.39, 0.29) is 4.58 Å². The molecule has 0 amide bonds. The van der Waals surface area contributed by atoms with Crippen molar-refractivity contribution in [1.82, 2.24) is 0 Å². The largest absolute Gasteiger partial charge is 0.301 e. The maximum Gasteiger partial charge on any atom is 0.143 e. The van der Waals surface area contributed by atoms with Crippen LogP contribution in [0.3, 0.4) is 0 Å². The molecule has 0 fully saturated rings.